The fourth-order valence-electron chi connectivity index (χ4n) is 5.40. The minimum absolute atomic E-state index is 0.0580. The van der Waals surface area contributed by atoms with E-state index >= 15 is 0 Å². The van der Waals surface area contributed by atoms with Gasteiger partial charge in [-0.2, -0.15) is 0 Å². The smallest absolute Gasteiger partial charge is 0.320 e. The van der Waals surface area contributed by atoms with Gasteiger partial charge in [-0.1, -0.05) is 0 Å². The fourth-order valence-corrected chi connectivity index (χ4v) is 5.40. The first-order chi connectivity index (χ1) is 17.6. The molecule has 8 nitrogen and oxygen atoms in total. The highest BCUT2D eigenvalue weighted by molar-refractivity contribution is 5.84. The molecule has 0 spiro atoms. The van der Waals surface area contributed by atoms with Crippen molar-refractivity contribution in [2.75, 3.05) is 53.7 Å². The van der Waals surface area contributed by atoms with Crippen molar-refractivity contribution in [2.45, 2.75) is 32.2 Å². The summed E-state index contributed by atoms with van der Waals surface area (Å²) < 4.78 is 22.4. The van der Waals surface area contributed by atoms with Crippen LogP contribution in [0.1, 0.15) is 36.1 Å². The molecule has 5 rings (SSSR count). The molecule has 1 aromatic heterocycles. The first-order valence-corrected chi connectivity index (χ1v) is 12.7. The van der Waals surface area contributed by atoms with E-state index in [9.17, 15) is 4.79 Å². The van der Waals surface area contributed by atoms with Gasteiger partial charge in [-0.15, -0.1) is 0 Å². The predicted octanol–water partition coefficient (Wildman–Crippen LogP) is 4.57. The van der Waals surface area contributed by atoms with Crippen LogP contribution in [0.15, 0.2) is 36.5 Å². The number of hydrogen-bond acceptors (Lipinski definition) is 5. The van der Waals surface area contributed by atoms with E-state index in [0.29, 0.717) is 39.5 Å². The van der Waals surface area contributed by atoms with E-state index in [2.05, 4.69) is 29.4 Å². The lowest BCUT2D eigenvalue weighted by atomic mass is 9.88. The number of rotatable bonds is 7. The summed E-state index contributed by atoms with van der Waals surface area (Å²) in [5.41, 5.74) is 4.65. The van der Waals surface area contributed by atoms with E-state index in [1.54, 1.807) is 14.2 Å². The Morgan fingerprint density at radius 1 is 1.08 bits per heavy atom. The van der Waals surface area contributed by atoms with Crippen molar-refractivity contribution in [3.63, 3.8) is 0 Å². The van der Waals surface area contributed by atoms with Crippen molar-refractivity contribution < 1.29 is 23.7 Å². The molecule has 36 heavy (non-hydrogen) atoms. The van der Waals surface area contributed by atoms with Gasteiger partial charge in [0.25, 0.3) is 0 Å². The van der Waals surface area contributed by atoms with Crippen molar-refractivity contribution in [2.24, 2.45) is 0 Å². The number of carbonyl (C=O) groups is 1. The second kappa shape index (κ2) is 10.7. The number of H-pyrrole nitrogens is 1. The van der Waals surface area contributed by atoms with Gasteiger partial charge in [0.2, 0.25) is 0 Å². The van der Waals surface area contributed by atoms with E-state index in [1.807, 2.05) is 28.9 Å². The lowest BCUT2D eigenvalue weighted by molar-refractivity contribution is 0.0376. The minimum atomic E-state index is -0.0580. The van der Waals surface area contributed by atoms with Crippen LogP contribution in [0.25, 0.3) is 10.9 Å². The number of amides is 2. The number of nitrogens with zero attached hydrogens (tertiary/aromatic N) is 2. The third kappa shape index (κ3) is 4.69. The molecule has 2 aromatic carbocycles. The predicted molar refractivity (Wildman–Crippen MR) is 138 cm³/mol. The number of aromatic amines is 1. The van der Waals surface area contributed by atoms with E-state index in [4.69, 9.17) is 18.9 Å². The molecule has 0 saturated carbocycles. The largest absolute Gasteiger partial charge is 0.497 e. The number of ether oxygens (including phenoxy) is 4. The zero-order valence-corrected chi connectivity index (χ0v) is 21.3. The van der Waals surface area contributed by atoms with Crippen molar-refractivity contribution in [1.29, 1.82) is 0 Å². The standard InChI is InChI=1S/C28H35N3O5/c1-4-36-27-17-23-19(15-26(27)34-3)9-10-31(28(32)30-11-13-35-14-12-30)25(23)8-5-20-18-29-24-16-21(33-2)6-7-22(20)24/h6-7,15-18,25,29H,4-5,8-14H2,1-3H3. The van der Waals surface area contributed by atoms with Gasteiger partial charge in [0.05, 0.1) is 40.1 Å². The molecule has 2 aliphatic rings. The van der Waals surface area contributed by atoms with Crippen LogP contribution in [0, 0.1) is 0 Å². The SMILES string of the molecule is CCOc1cc2c(cc1OC)CCN(C(=O)N1CCOCC1)C2CCc1c[nH]c2cc(OC)ccc12. The Labute approximate surface area is 212 Å². The molecule has 3 heterocycles. The number of methoxy groups -OCH3 is 2. The monoisotopic (exact) mass is 493 g/mol. The Balaban J connectivity index is 1.47. The quantitative estimate of drug-likeness (QED) is 0.522. The highest BCUT2D eigenvalue weighted by atomic mass is 16.5. The molecule has 1 saturated heterocycles. The van der Waals surface area contributed by atoms with Crippen molar-refractivity contribution >= 4 is 16.9 Å². The van der Waals surface area contributed by atoms with Gasteiger partial charge in [0.15, 0.2) is 11.5 Å². The first kappa shape index (κ1) is 24.3. The van der Waals surface area contributed by atoms with Crippen LogP contribution < -0.4 is 14.2 Å². The van der Waals surface area contributed by atoms with Gasteiger partial charge in [-0.25, -0.2) is 4.79 Å². The molecule has 1 N–H and O–H groups in total. The zero-order valence-electron chi connectivity index (χ0n) is 21.3. The Bertz CT molecular complexity index is 1220. The molecule has 3 aromatic rings. The van der Waals surface area contributed by atoms with Crippen LogP contribution in [0.2, 0.25) is 0 Å². The lowest BCUT2D eigenvalue weighted by Crippen LogP contribution is -2.51. The van der Waals surface area contributed by atoms with Crippen LogP contribution in [0.3, 0.4) is 0 Å². The van der Waals surface area contributed by atoms with Crippen LogP contribution >= 0.6 is 0 Å². The summed E-state index contributed by atoms with van der Waals surface area (Å²) in [7, 11) is 3.35. The Morgan fingerprint density at radius 3 is 2.67 bits per heavy atom. The number of morpholine rings is 1. The Hall–Kier alpha value is -3.39. The highest BCUT2D eigenvalue weighted by Gasteiger charge is 2.34. The summed E-state index contributed by atoms with van der Waals surface area (Å²) in [4.78, 5) is 21.0. The zero-order chi connectivity index (χ0) is 25.1. The molecule has 0 aliphatic carbocycles. The van der Waals surface area contributed by atoms with Gasteiger partial charge in [-0.05, 0) is 67.1 Å². The molecule has 2 amide bonds. The number of nitrogens with one attached hydrogen (secondary N) is 1. The molecule has 2 aliphatic heterocycles. The average molecular weight is 494 g/mol. The summed E-state index contributed by atoms with van der Waals surface area (Å²) >= 11 is 0. The summed E-state index contributed by atoms with van der Waals surface area (Å²) in [6, 6.07) is 10.3. The van der Waals surface area contributed by atoms with Gasteiger partial charge >= 0.3 is 6.03 Å². The van der Waals surface area contributed by atoms with Crippen molar-refractivity contribution in [3.8, 4) is 17.2 Å². The molecule has 1 fully saturated rings. The third-order valence-electron chi connectivity index (χ3n) is 7.27. The number of urea groups is 1. The maximum atomic E-state index is 13.7. The van der Waals surface area contributed by atoms with E-state index < -0.39 is 0 Å². The van der Waals surface area contributed by atoms with E-state index in [1.165, 1.54) is 16.5 Å². The van der Waals surface area contributed by atoms with Crippen LogP contribution in [-0.4, -0.2) is 74.5 Å². The first-order valence-electron chi connectivity index (χ1n) is 12.7. The molecular formula is C28H35N3O5. The van der Waals surface area contributed by atoms with Crippen LogP contribution in [0.5, 0.6) is 17.2 Å². The molecule has 0 bridgehead atoms. The number of aromatic nitrogens is 1. The van der Waals surface area contributed by atoms with Crippen molar-refractivity contribution in [1.82, 2.24) is 14.8 Å². The average Bonchev–Trinajstić information content (AvgIpc) is 3.33. The lowest BCUT2D eigenvalue weighted by Gasteiger charge is -2.41. The van der Waals surface area contributed by atoms with E-state index in [0.717, 1.165) is 47.6 Å². The summed E-state index contributed by atoms with van der Waals surface area (Å²) in [5, 5.41) is 1.18. The van der Waals surface area contributed by atoms with Crippen molar-refractivity contribution in [3.05, 3.63) is 53.2 Å². The highest BCUT2D eigenvalue weighted by Crippen LogP contribution is 2.41. The molecule has 1 unspecified atom stereocenters. The molecule has 0 radical (unpaired) electrons. The normalized spacial score (nSPS) is 17.7. The summed E-state index contributed by atoms with van der Waals surface area (Å²) in [5.74, 6) is 2.30. The Morgan fingerprint density at radius 2 is 1.92 bits per heavy atom. The van der Waals surface area contributed by atoms with Crippen LogP contribution in [0.4, 0.5) is 4.79 Å². The van der Waals surface area contributed by atoms with Gasteiger partial charge in [0.1, 0.15) is 5.75 Å². The number of aryl methyl sites for hydroxylation is 1. The van der Waals surface area contributed by atoms with E-state index in [-0.39, 0.29) is 12.1 Å². The van der Waals surface area contributed by atoms with Gasteiger partial charge in [0, 0.05) is 42.8 Å². The number of hydrogen-bond donors (Lipinski definition) is 1. The molecule has 8 heteroatoms. The molecular weight excluding hydrogens is 458 g/mol. The fraction of sp³-hybridized carbons (Fsp3) is 0.464. The van der Waals surface area contributed by atoms with Gasteiger partial charge in [-0.3, -0.25) is 0 Å². The summed E-state index contributed by atoms with van der Waals surface area (Å²) in [6.45, 7) is 5.64. The minimum Gasteiger partial charge on any atom is -0.497 e. The molecule has 1 atom stereocenters. The Kier molecular flexibility index (Phi) is 7.23. The second-order valence-electron chi connectivity index (χ2n) is 9.24. The topological polar surface area (TPSA) is 76.3 Å². The number of carbonyl (C=O) groups excluding carboxylic acids is 1. The van der Waals surface area contributed by atoms with Gasteiger partial charge < -0.3 is 33.7 Å². The van der Waals surface area contributed by atoms with Crippen LogP contribution in [-0.2, 0) is 17.6 Å². The molecule has 192 valence electrons. The maximum absolute atomic E-state index is 13.7. The second-order valence-corrected chi connectivity index (χ2v) is 9.24. The maximum Gasteiger partial charge on any atom is 0.320 e. The number of benzene rings is 2. The summed E-state index contributed by atoms with van der Waals surface area (Å²) in [6.07, 6.45) is 4.50. The number of fused-ring (bicyclic) bond motifs is 2. The third-order valence-corrected chi connectivity index (χ3v) is 7.27.